The highest BCUT2D eigenvalue weighted by Gasteiger charge is 2.61. The lowest BCUT2D eigenvalue weighted by atomic mass is 9.91. The number of carbonyl (C=O) groups is 1. The van der Waals surface area contributed by atoms with Crippen LogP contribution in [0.4, 0.5) is 13.2 Å². The number of nitrogens with zero attached hydrogens (tertiary/aromatic N) is 1. The molecule has 0 aromatic heterocycles. The molecule has 10 heteroatoms. The van der Waals surface area contributed by atoms with E-state index < -0.39 is 51.1 Å². The number of amides is 1. The molecule has 0 bridgehead atoms. The molecular formula is C24H25F3N2O4S. The molecule has 1 amide bonds. The highest BCUT2D eigenvalue weighted by molar-refractivity contribution is 7.88. The lowest BCUT2D eigenvalue weighted by molar-refractivity contribution is -0.157. The third-order valence-corrected chi connectivity index (χ3v) is 7.85. The Morgan fingerprint density at radius 3 is 2.35 bits per heavy atom. The van der Waals surface area contributed by atoms with Crippen LogP contribution in [0, 0.1) is 22.9 Å². The van der Waals surface area contributed by atoms with E-state index in [1.54, 1.807) is 11.0 Å². The van der Waals surface area contributed by atoms with Gasteiger partial charge in [-0.05, 0) is 30.9 Å². The predicted molar refractivity (Wildman–Crippen MR) is 119 cm³/mol. The number of hydrogen-bond donors (Lipinski definition) is 1. The lowest BCUT2D eigenvalue weighted by Gasteiger charge is -2.34. The van der Waals surface area contributed by atoms with Crippen molar-refractivity contribution in [1.82, 2.24) is 9.62 Å². The predicted octanol–water partition coefficient (Wildman–Crippen LogP) is 3.01. The number of nitrogens with one attached hydrogen (secondary N) is 1. The van der Waals surface area contributed by atoms with Crippen molar-refractivity contribution >= 4 is 15.9 Å². The Hall–Kier alpha value is -2.43. The van der Waals surface area contributed by atoms with Crippen LogP contribution in [-0.4, -0.2) is 56.8 Å². The second kappa shape index (κ2) is 8.35. The van der Waals surface area contributed by atoms with E-state index in [2.05, 4.69) is 4.72 Å². The van der Waals surface area contributed by atoms with Gasteiger partial charge in [0.15, 0.2) is 11.6 Å². The fourth-order valence-corrected chi connectivity index (χ4v) is 6.04. The van der Waals surface area contributed by atoms with Gasteiger partial charge in [-0.1, -0.05) is 30.3 Å². The van der Waals surface area contributed by atoms with E-state index in [0.717, 1.165) is 25.2 Å². The monoisotopic (exact) mass is 494 g/mol. The molecule has 34 heavy (non-hydrogen) atoms. The first-order valence-electron chi connectivity index (χ1n) is 11.2. The SMILES string of the molecule is CS(=O)(=O)N[C@@H]1[C@H](Cc2cccc(-c3cccc(F)c3F)c2F)N(C(=O)C2CCO2)CC12CC2. The highest BCUT2D eigenvalue weighted by atomic mass is 32.2. The van der Waals surface area contributed by atoms with Gasteiger partial charge in [0.2, 0.25) is 10.0 Å². The third kappa shape index (κ3) is 4.12. The molecule has 1 unspecified atom stereocenters. The molecule has 6 nitrogen and oxygen atoms in total. The van der Waals surface area contributed by atoms with Gasteiger partial charge in [-0.25, -0.2) is 26.3 Å². The van der Waals surface area contributed by atoms with Crippen LogP contribution in [0.3, 0.4) is 0 Å². The summed E-state index contributed by atoms with van der Waals surface area (Å²) in [5.41, 5.74) is -0.500. The number of rotatable bonds is 6. The fourth-order valence-electron chi connectivity index (χ4n) is 5.17. The number of benzene rings is 2. The summed E-state index contributed by atoms with van der Waals surface area (Å²) >= 11 is 0. The highest BCUT2D eigenvalue weighted by Crippen LogP contribution is 2.56. The van der Waals surface area contributed by atoms with E-state index in [4.69, 9.17) is 4.74 Å². The second-order valence-electron chi connectivity index (χ2n) is 9.50. The lowest BCUT2D eigenvalue weighted by Crippen LogP contribution is -2.53. The molecule has 2 heterocycles. The van der Waals surface area contributed by atoms with E-state index in [1.165, 1.54) is 24.3 Å². The number of carbonyl (C=O) groups excluding carboxylic acids is 1. The van der Waals surface area contributed by atoms with Crippen molar-refractivity contribution < 1.29 is 31.1 Å². The Labute approximate surface area is 196 Å². The summed E-state index contributed by atoms with van der Waals surface area (Å²) < 4.78 is 76.1. The molecule has 1 saturated carbocycles. The van der Waals surface area contributed by atoms with Crippen molar-refractivity contribution in [3.63, 3.8) is 0 Å². The molecule has 3 aliphatic rings. The van der Waals surface area contributed by atoms with Crippen molar-refractivity contribution in [1.29, 1.82) is 0 Å². The zero-order valence-corrected chi connectivity index (χ0v) is 19.4. The number of ether oxygens (including phenoxy) is 1. The van der Waals surface area contributed by atoms with E-state index in [0.29, 0.717) is 19.6 Å². The number of likely N-dealkylation sites (tertiary alicyclic amines) is 1. The van der Waals surface area contributed by atoms with Gasteiger partial charge < -0.3 is 9.64 Å². The topological polar surface area (TPSA) is 75.7 Å². The van der Waals surface area contributed by atoms with E-state index in [9.17, 15) is 22.0 Å². The molecule has 1 aliphatic carbocycles. The van der Waals surface area contributed by atoms with Gasteiger partial charge in [0, 0.05) is 35.5 Å². The summed E-state index contributed by atoms with van der Waals surface area (Å²) in [4.78, 5) is 14.8. The molecule has 2 aromatic carbocycles. The minimum Gasteiger partial charge on any atom is -0.368 e. The average molecular weight is 495 g/mol. The summed E-state index contributed by atoms with van der Waals surface area (Å²) in [6.07, 6.45) is 2.60. The van der Waals surface area contributed by atoms with Gasteiger partial charge in [-0.15, -0.1) is 0 Å². The third-order valence-electron chi connectivity index (χ3n) is 7.17. The van der Waals surface area contributed by atoms with Gasteiger partial charge in [-0.3, -0.25) is 4.79 Å². The van der Waals surface area contributed by atoms with Gasteiger partial charge >= 0.3 is 0 Å². The van der Waals surface area contributed by atoms with Crippen LogP contribution in [-0.2, 0) is 26.0 Å². The summed E-state index contributed by atoms with van der Waals surface area (Å²) in [6.45, 7) is 0.852. The average Bonchev–Trinajstić information content (AvgIpc) is 3.45. The van der Waals surface area contributed by atoms with Crippen molar-refractivity contribution in [2.24, 2.45) is 5.41 Å². The number of hydrogen-bond acceptors (Lipinski definition) is 4. The van der Waals surface area contributed by atoms with Crippen LogP contribution < -0.4 is 4.72 Å². The largest absolute Gasteiger partial charge is 0.368 e. The van der Waals surface area contributed by atoms with Crippen molar-refractivity contribution in [3.8, 4) is 11.1 Å². The van der Waals surface area contributed by atoms with Crippen molar-refractivity contribution in [2.75, 3.05) is 19.4 Å². The zero-order chi connectivity index (χ0) is 24.3. The Bertz CT molecular complexity index is 1240. The van der Waals surface area contributed by atoms with Crippen molar-refractivity contribution in [2.45, 2.75) is 43.9 Å². The minimum absolute atomic E-state index is 0.0179. The first-order valence-corrected chi connectivity index (χ1v) is 13.1. The first-order chi connectivity index (χ1) is 16.1. The Kier molecular flexibility index (Phi) is 5.73. The summed E-state index contributed by atoms with van der Waals surface area (Å²) in [6, 6.07) is 6.77. The van der Waals surface area contributed by atoms with Gasteiger partial charge in [0.25, 0.3) is 5.91 Å². The minimum atomic E-state index is -3.60. The quantitative estimate of drug-likeness (QED) is 0.670. The normalized spacial score (nSPS) is 25.4. The molecule has 3 fully saturated rings. The molecule has 2 aromatic rings. The molecule has 5 rings (SSSR count). The van der Waals surface area contributed by atoms with E-state index in [-0.39, 0.29) is 29.0 Å². The molecule has 1 N–H and O–H groups in total. The van der Waals surface area contributed by atoms with Crippen LogP contribution in [0.25, 0.3) is 11.1 Å². The molecule has 0 radical (unpaired) electrons. The molecule has 2 aliphatic heterocycles. The van der Waals surface area contributed by atoms with Crippen LogP contribution in [0.2, 0.25) is 0 Å². The van der Waals surface area contributed by atoms with Crippen LogP contribution in [0.15, 0.2) is 36.4 Å². The fraction of sp³-hybridized carbons (Fsp3) is 0.458. The number of sulfonamides is 1. The van der Waals surface area contributed by atoms with Crippen LogP contribution in [0.5, 0.6) is 0 Å². The maximum Gasteiger partial charge on any atom is 0.252 e. The summed E-state index contributed by atoms with van der Waals surface area (Å²) in [7, 11) is -3.60. The molecule has 2 saturated heterocycles. The molecule has 3 atom stereocenters. The van der Waals surface area contributed by atoms with E-state index in [1.807, 2.05) is 0 Å². The van der Waals surface area contributed by atoms with Gasteiger partial charge in [-0.2, -0.15) is 0 Å². The van der Waals surface area contributed by atoms with Crippen LogP contribution in [0.1, 0.15) is 24.8 Å². The molecular weight excluding hydrogens is 469 g/mol. The van der Waals surface area contributed by atoms with Crippen LogP contribution >= 0.6 is 0 Å². The smallest absolute Gasteiger partial charge is 0.252 e. The Balaban J connectivity index is 1.52. The van der Waals surface area contributed by atoms with Crippen molar-refractivity contribution in [3.05, 3.63) is 59.4 Å². The standard InChI is InChI=1S/C24H25F3N2O4S/c1-34(31,32)28-22-18(29(13-24(22)9-10-24)23(30)19-8-11-33-19)12-14-4-2-5-15(20(14)26)16-6-3-7-17(25)21(16)27/h2-7,18-19,22,28H,8-13H2,1H3/t18-,19?,22+/m0/s1. The zero-order valence-electron chi connectivity index (χ0n) is 18.6. The Morgan fingerprint density at radius 1 is 1.12 bits per heavy atom. The molecule has 182 valence electrons. The van der Waals surface area contributed by atoms with Gasteiger partial charge in [0.05, 0.1) is 18.9 Å². The Morgan fingerprint density at radius 2 is 1.76 bits per heavy atom. The maximum atomic E-state index is 15.6. The summed E-state index contributed by atoms with van der Waals surface area (Å²) in [5.74, 6) is -3.18. The molecule has 1 spiro atoms. The number of halogens is 3. The van der Waals surface area contributed by atoms with E-state index >= 15 is 4.39 Å². The summed E-state index contributed by atoms with van der Waals surface area (Å²) in [5, 5.41) is 0. The second-order valence-corrected chi connectivity index (χ2v) is 11.3. The van der Waals surface area contributed by atoms with Gasteiger partial charge in [0.1, 0.15) is 11.9 Å². The maximum absolute atomic E-state index is 15.6. The first kappa shape index (κ1) is 23.3.